The number of rotatable bonds is 7. The van der Waals surface area contributed by atoms with Gasteiger partial charge in [-0.1, -0.05) is 0 Å². The molecule has 0 spiro atoms. The molecule has 1 aromatic rings. The van der Waals surface area contributed by atoms with Crippen LogP contribution in [-0.2, 0) is 9.47 Å². The second-order valence-electron chi connectivity index (χ2n) is 7.51. The third kappa shape index (κ3) is 4.68. The highest BCUT2D eigenvalue weighted by molar-refractivity contribution is 5.89. The van der Waals surface area contributed by atoms with Crippen molar-refractivity contribution in [3.8, 4) is 5.75 Å². The molecule has 3 aliphatic rings. The van der Waals surface area contributed by atoms with Gasteiger partial charge in [-0.25, -0.2) is 4.79 Å². The van der Waals surface area contributed by atoms with E-state index >= 15 is 0 Å². The molecule has 1 aliphatic carbocycles. The van der Waals surface area contributed by atoms with Crippen LogP contribution in [0.2, 0.25) is 0 Å². The van der Waals surface area contributed by atoms with Crippen molar-refractivity contribution in [3.63, 3.8) is 0 Å². The summed E-state index contributed by atoms with van der Waals surface area (Å²) in [4.78, 5) is 14.7. The summed E-state index contributed by atoms with van der Waals surface area (Å²) in [7, 11) is 0. The van der Waals surface area contributed by atoms with Gasteiger partial charge >= 0.3 is 6.03 Å². The Morgan fingerprint density at radius 1 is 1.15 bits per heavy atom. The lowest BCUT2D eigenvalue weighted by Gasteiger charge is -2.25. The van der Waals surface area contributed by atoms with Crippen LogP contribution in [0.5, 0.6) is 5.75 Å². The molecule has 0 radical (unpaired) electrons. The molecule has 2 amide bonds. The summed E-state index contributed by atoms with van der Waals surface area (Å²) >= 11 is 0. The van der Waals surface area contributed by atoms with Gasteiger partial charge in [0.1, 0.15) is 12.4 Å². The van der Waals surface area contributed by atoms with E-state index in [0.29, 0.717) is 18.6 Å². The molecule has 2 saturated heterocycles. The lowest BCUT2D eigenvalue weighted by molar-refractivity contribution is 0.0679. The van der Waals surface area contributed by atoms with Crippen LogP contribution in [0.15, 0.2) is 24.3 Å². The van der Waals surface area contributed by atoms with Gasteiger partial charge in [0.05, 0.1) is 12.7 Å². The maximum atomic E-state index is 12.7. The average molecular weight is 360 g/mol. The number of nitrogens with one attached hydrogen (secondary N) is 1. The maximum Gasteiger partial charge on any atom is 0.322 e. The molecular formula is C20H28N2O4. The normalized spacial score (nSPS) is 25.2. The summed E-state index contributed by atoms with van der Waals surface area (Å²) in [6.45, 7) is 3.80. The smallest absolute Gasteiger partial charge is 0.322 e. The van der Waals surface area contributed by atoms with Gasteiger partial charge in [-0.05, 0) is 56.4 Å². The van der Waals surface area contributed by atoms with Gasteiger partial charge in [-0.15, -0.1) is 0 Å². The van der Waals surface area contributed by atoms with Crippen LogP contribution in [0.25, 0.3) is 0 Å². The predicted octanol–water partition coefficient (Wildman–Crippen LogP) is 3.28. The monoisotopic (exact) mass is 360 g/mol. The van der Waals surface area contributed by atoms with E-state index in [4.69, 9.17) is 14.2 Å². The number of ether oxygens (including phenoxy) is 3. The van der Waals surface area contributed by atoms with Gasteiger partial charge in [-0.3, -0.25) is 0 Å². The Hall–Kier alpha value is -1.79. The van der Waals surface area contributed by atoms with E-state index in [0.717, 1.165) is 69.9 Å². The van der Waals surface area contributed by atoms with E-state index in [9.17, 15) is 4.79 Å². The molecule has 1 N–H and O–H groups in total. The minimum Gasteiger partial charge on any atom is -0.491 e. The zero-order valence-electron chi connectivity index (χ0n) is 15.2. The second kappa shape index (κ2) is 8.27. The molecule has 4 rings (SSSR count). The number of hydrogen-bond donors (Lipinski definition) is 1. The molecule has 142 valence electrons. The molecule has 6 nitrogen and oxygen atoms in total. The minimum atomic E-state index is -0.00701. The zero-order valence-corrected chi connectivity index (χ0v) is 15.2. The fourth-order valence-electron chi connectivity index (χ4n) is 3.58. The Morgan fingerprint density at radius 3 is 2.65 bits per heavy atom. The summed E-state index contributed by atoms with van der Waals surface area (Å²) in [6.07, 6.45) is 5.66. The standard InChI is InChI=1S/C20H28N2O4/c23-20(22(17-5-6-17)12-15-9-11-24-13-15)21-16-3-7-18(8-4-16)26-14-19-2-1-10-25-19/h3-4,7-8,15,17,19H,1-2,5-6,9-14H2,(H,21,23)/t15-,19-/m0/s1. The van der Waals surface area contributed by atoms with Crippen molar-refractivity contribution < 1.29 is 19.0 Å². The van der Waals surface area contributed by atoms with Crippen LogP contribution < -0.4 is 10.1 Å². The van der Waals surface area contributed by atoms with E-state index in [1.54, 1.807) is 0 Å². The molecular weight excluding hydrogens is 332 g/mol. The fourth-order valence-corrected chi connectivity index (χ4v) is 3.58. The van der Waals surface area contributed by atoms with Crippen LogP contribution in [0.3, 0.4) is 0 Å². The van der Waals surface area contributed by atoms with Crippen LogP contribution in [0, 0.1) is 5.92 Å². The van der Waals surface area contributed by atoms with Crippen molar-refractivity contribution in [3.05, 3.63) is 24.3 Å². The number of carbonyl (C=O) groups is 1. The summed E-state index contributed by atoms with van der Waals surface area (Å²) in [5.41, 5.74) is 0.799. The molecule has 2 aliphatic heterocycles. The molecule has 1 saturated carbocycles. The Morgan fingerprint density at radius 2 is 2.00 bits per heavy atom. The first kappa shape index (κ1) is 17.6. The topological polar surface area (TPSA) is 60.0 Å². The predicted molar refractivity (Wildman–Crippen MR) is 98.6 cm³/mol. The molecule has 3 fully saturated rings. The van der Waals surface area contributed by atoms with Gasteiger partial charge < -0.3 is 24.4 Å². The largest absolute Gasteiger partial charge is 0.491 e. The zero-order chi connectivity index (χ0) is 17.8. The van der Waals surface area contributed by atoms with E-state index in [2.05, 4.69) is 5.32 Å². The number of anilines is 1. The first-order chi connectivity index (χ1) is 12.8. The van der Waals surface area contributed by atoms with Gasteiger partial charge in [0, 0.05) is 37.4 Å². The van der Waals surface area contributed by atoms with Crippen molar-refractivity contribution in [2.24, 2.45) is 5.92 Å². The average Bonchev–Trinajstić information content (AvgIpc) is 3.13. The van der Waals surface area contributed by atoms with Crippen LogP contribution in [0.4, 0.5) is 10.5 Å². The Bertz CT molecular complexity index is 590. The Balaban J connectivity index is 1.28. The number of nitrogens with zero attached hydrogens (tertiary/aromatic N) is 1. The highest BCUT2D eigenvalue weighted by Crippen LogP contribution is 2.30. The van der Waals surface area contributed by atoms with E-state index in [1.165, 1.54) is 0 Å². The van der Waals surface area contributed by atoms with E-state index in [1.807, 2.05) is 29.2 Å². The molecule has 0 aromatic heterocycles. The molecule has 6 heteroatoms. The molecule has 2 atom stereocenters. The van der Waals surface area contributed by atoms with Gasteiger partial charge in [0.2, 0.25) is 0 Å². The second-order valence-corrected chi connectivity index (χ2v) is 7.51. The van der Waals surface area contributed by atoms with Crippen molar-refractivity contribution in [2.45, 2.75) is 44.2 Å². The summed E-state index contributed by atoms with van der Waals surface area (Å²) in [6, 6.07) is 7.98. The van der Waals surface area contributed by atoms with Crippen LogP contribution >= 0.6 is 0 Å². The molecule has 0 bridgehead atoms. The highest BCUT2D eigenvalue weighted by atomic mass is 16.5. The van der Waals surface area contributed by atoms with Crippen LogP contribution in [-0.4, -0.2) is 56.0 Å². The van der Waals surface area contributed by atoms with Crippen molar-refractivity contribution in [1.29, 1.82) is 0 Å². The Labute approximate surface area is 154 Å². The van der Waals surface area contributed by atoms with E-state index in [-0.39, 0.29) is 12.1 Å². The lowest BCUT2D eigenvalue weighted by atomic mass is 10.1. The number of amides is 2. The number of hydrogen-bond acceptors (Lipinski definition) is 4. The number of benzene rings is 1. The van der Waals surface area contributed by atoms with Crippen LogP contribution in [0.1, 0.15) is 32.1 Å². The first-order valence-corrected chi connectivity index (χ1v) is 9.78. The molecule has 26 heavy (non-hydrogen) atoms. The minimum absolute atomic E-state index is 0.00701. The summed E-state index contributed by atoms with van der Waals surface area (Å²) in [5.74, 6) is 1.27. The van der Waals surface area contributed by atoms with Crippen molar-refractivity contribution in [2.75, 3.05) is 38.3 Å². The quantitative estimate of drug-likeness (QED) is 0.811. The molecule has 2 heterocycles. The molecule has 1 aromatic carbocycles. The molecule has 0 unspecified atom stereocenters. The first-order valence-electron chi connectivity index (χ1n) is 9.78. The number of carbonyl (C=O) groups excluding carboxylic acids is 1. The SMILES string of the molecule is O=C(Nc1ccc(OC[C@@H]2CCCO2)cc1)N(C[C@@H]1CCOC1)C1CC1. The van der Waals surface area contributed by atoms with Gasteiger partial charge in [-0.2, -0.15) is 0 Å². The van der Waals surface area contributed by atoms with Crippen molar-refractivity contribution in [1.82, 2.24) is 4.90 Å². The van der Waals surface area contributed by atoms with E-state index < -0.39 is 0 Å². The maximum absolute atomic E-state index is 12.7. The van der Waals surface area contributed by atoms with Gasteiger partial charge in [0.25, 0.3) is 0 Å². The summed E-state index contributed by atoms with van der Waals surface area (Å²) < 4.78 is 16.8. The highest BCUT2D eigenvalue weighted by Gasteiger charge is 2.34. The van der Waals surface area contributed by atoms with Gasteiger partial charge in [0.15, 0.2) is 0 Å². The summed E-state index contributed by atoms with van der Waals surface area (Å²) in [5, 5.41) is 3.03. The lowest BCUT2D eigenvalue weighted by Crippen LogP contribution is -2.40. The van der Waals surface area contributed by atoms with Crippen molar-refractivity contribution >= 4 is 11.7 Å². The third-order valence-corrected chi connectivity index (χ3v) is 5.29. The third-order valence-electron chi connectivity index (χ3n) is 5.29. The Kier molecular flexibility index (Phi) is 5.60. The fraction of sp³-hybridized carbons (Fsp3) is 0.650. The number of urea groups is 1.